The zero-order valence-corrected chi connectivity index (χ0v) is 5.24. The van der Waals surface area contributed by atoms with E-state index < -0.39 is 0 Å². The van der Waals surface area contributed by atoms with Crippen molar-refractivity contribution in [3.05, 3.63) is 12.7 Å². The number of hydrogen-bond acceptors (Lipinski definition) is 2. The van der Waals surface area contributed by atoms with Gasteiger partial charge in [-0.25, -0.2) is 0 Å². The third-order valence-electron chi connectivity index (χ3n) is 0.292. The quantitative estimate of drug-likeness (QED) is 0.197. The van der Waals surface area contributed by atoms with Crippen molar-refractivity contribution in [1.29, 1.82) is 0 Å². The van der Waals surface area contributed by atoms with Gasteiger partial charge in [0.1, 0.15) is 0 Å². The van der Waals surface area contributed by atoms with Gasteiger partial charge in [-0.15, -0.1) is 6.58 Å². The van der Waals surface area contributed by atoms with Gasteiger partial charge in [-0.3, -0.25) is 3.97 Å². The highest BCUT2D eigenvalue weighted by Crippen LogP contribution is 2.11. The highest BCUT2D eigenvalue weighted by molar-refractivity contribution is 7.78. The molecule has 0 rings (SSSR count). The Hall–Kier alpha value is 0.480. The molecular formula is C3H7OPS. The van der Waals surface area contributed by atoms with Gasteiger partial charge in [0.15, 0.2) is 0 Å². The molecule has 0 aromatic carbocycles. The van der Waals surface area contributed by atoms with Gasteiger partial charge in [-0.1, -0.05) is 6.08 Å². The van der Waals surface area contributed by atoms with E-state index >= 15 is 0 Å². The molecule has 36 valence electrons. The molecule has 0 aliphatic carbocycles. The van der Waals surface area contributed by atoms with E-state index in [1.54, 1.807) is 6.08 Å². The van der Waals surface area contributed by atoms with Crippen molar-refractivity contribution in [3.8, 4) is 0 Å². The molecule has 0 aromatic heterocycles. The van der Waals surface area contributed by atoms with Gasteiger partial charge >= 0.3 is 0 Å². The Morgan fingerprint density at radius 1 is 2.00 bits per heavy atom. The van der Waals surface area contributed by atoms with Crippen LogP contribution in [0.2, 0.25) is 0 Å². The largest absolute Gasteiger partial charge is 0.300 e. The summed E-state index contributed by atoms with van der Waals surface area (Å²) < 4.78 is 4.43. The van der Waals surface area contributed by atoms with Crippen molar-refractivity contribution in [3.63, 3.8) is 0 Å². The molecule has 0 saturated carbocycles. The fraction of sp³-hybridized carbons (Fsp3) is 0.333. The molecule has 0 heterocycles. The molecule has 0 aromatic rings. The van der Waals surface area contributed by atoms with Crippen LogP contribution in [0.4, 0.5) is 0 Å². The molecule has 1 unspecified atom stereocenters. The Labute approximate surface area is 45.3 Å². The van der Waals surface area contributed by atoms with E-state index in [9.17, 15) is 0 Å². The smallest absolute Gasteiger partial charge is 0.0354 e. The van der Waals surface area contributed by atoms with Crippen molar-refractivity contribution < 1.29 is 3.97 Å². The van der Waals surface area contributed by atoms with Crippen molar-refractivity contribution in [2.24, 2.45) is 0 Å². The second kappa shape index (κ2) is 5.48. The molecule has 0 aliphatic heterocycles. The average Bonchev–Trinajstić information content (AvgIpc) is 1.61. The first kappa shape index (κ1) is 6.48. The number of thiol groups is 1. The minimum atomic E-state index is 0.461. The first-order chi connectivity index (χ1) is 2.91. The Kier molecular flexibility index (Phi) is 5.92. The van der Waals surface area contributed by atoms with Crippen molar-refractivity contribution in [2.45, 2.75) is 0 Å². The summed E-state index contributed by atoms with van der Waals surface area (Å²) in [5.41, 5.74) is 0. The SMILES string of the molecule is C=CCPOS. The van der Waals surface area contributed by atoms with E-state index in [2.05, 4.69) is 23.5 Å². The fourth-order valence-corrected chi connectivity index (χ4v) is 0.512. The van der Waals surface area contributed by atoms with E-state index in [0.717, 1.165) is 6.16 Å². The molecule has 6 heavy (non-hydrogen) atoms. The van der Waals surface area contributed by atoms with E-state index in [1.165, 1.54) is 0 Å². The van der Waals surface area contributed by atoms with E-state index in [-0.39, 0.29) is 0 Å². The zero-order valence-electron chi connectivity index (χ0n) is 3.35. The minimum absolute atomic E-state index is 0.461. The summed E-state index contributed by atoms with van der Waals surface area (Å²) in [5.74, 6) is 0. The van der Waals surface area contributed by atoms with Gasteiger partial charge < -0.3 is 0 Å². The van der Waals surface area contributed by atoms with Crippen LogP contribution in [0.15, 0.2) is 12.7 Å². The summed E-state index contributed by atoms with van der Waals surface area (Å²) in [6, 6.07) is 0. The van der Waals surface area contributed by atoms with Crippen LogP contribution in [0.1, 0.15) is 0 Å². The molecule has 0 bridgehead atoms. The third-order valence-corrected chi connectivity index (χ3v) is 1.26. The standard InChI is InChI=1S/C3H7OPS/c1-2-3-5-4-6/h2,5-6H,1,3H2. The molecule has 0 saturated heterocycles. The van der Waals surface area contributed by atoms with Gasteiger partial charge in [0, 0.05) is 15.0 Å². The van der Waals surface area contributed by atoms with Crippen molar-refractivity contribution in [2.75, 3.05) is 6.16 Å². The van der Waals surface area contributed by atoms with E-state index in [1.807, 2.05) is 0 Å². The van der Waals surface area contributed by atoms with Crippen molar-refractivity contribution >= 4 is 21.7 Å². The summed E-state index contributed by atoms with van der Waals surface area (Å²) >= 11 is 3.52. The maximum Gasteiger partial charge on any atom is 0.0354 e. The molecule has 0 spiro atoms. The maximum absolute atomic E-state index is 4.43. The number of rotatable bonds is 3. The Morgan fingerprint density at radius 3 is 2.83 bits per heavy atom. The molecule has 0 fully saturated rings. The lowest BCUT2D eigenvalue weighted by atomic mass is 10.8. The molecule has 3 heteroatoms. The van der Waals surface area contributed by atoms with Gasteiger partial charge in [-0.05, 0) is 12.9 Å². The third kappa shape index (κ3) is 4.48. The Balaban J connectivity index is 2.49. The minimum Gasteiger partial charge on any atom is -0.300 e. The first-order valence-corrected chi connectivity index (χ1v) is 3.04. The summed E-state index contributed by atoms with van der Waals surface area (Å²) in [4.78, 5) is 0. The van der Waals surface area contributed by atoms with Crippen LogP contribution in [-0.2, 0) is 3.97 Å². The van der Waals surface area contributed by atoms with Gasteiger partial charge in [0.25, 0.3) is 0 Å². The Bertz CT molecular complexity index is 39.8. The lowest BCUT2D eigenvalue weighted by Gasteiger charge is -1.84. The number of allylic oxidation sites excluding steroid dienone is 1. The van der Waals surface area contributed by atoms with Gasteiger partial charge in [0.05, 0.1) is 0 Å². The lowest BCUT2D eigenvalue weighted by Crippen LogP contribution is -1.57. The molecule has 0 radical (unpaired) electrons. The average molecular weight is 122 g/mol. The zero-order chi connectivity index (χ0) is 4.83. The van der Waals surface area contributed by atoms with Crippen LogP contribution in [0.25, 0.3) is 0 Å². The molecular weight excluding hydrogens is 115 g/mol. The summed E-state index contributed by atoms with van der Waals surface area (Å²) in [5, 5.41) is 0. The van der Waals surface area contributed by atoms with Crippen LogP contribution in [0, 0.1) is 0 Å². The second-order valence-electron chi connectivity index (χ2n) is 0.728. The molecule has 0 amide bonds. The molecule has 1 atom stereocenters. The number of hydrogen-bond donors (Lipinski definition) is 1. The highest BCUT2D eigenvalue weighted by Gasteiger charge is 1.71. The summed E-state index contributed by atoms with van der Waals surface area (Å²) in [6.07, 6.45) is 2.71. The highest BCUT2D eigenvalue weighted by atomic mass is 32.1. The maximum atomic E-state index is 4.43. The topological polar surface area (TPSA) is 9.23 Å². The van der Waals surface area contributed by atoms with Crippen LogP contribution >= 0.6 is 21.7 Å². The van der Waals surface area contributed by atoms with Crippen molar-refractivity contribution in [1.82, 2.24) is 0 Å². The second-order valence-corrected chi connectivity index (χ2v) is 2.16. The van der Waals surface area contributed by atoms with Gasteiger partial charge in [-0.2, -0.15) is 0 Å². The lowest BCUT2D eigenvalue weighted by molar-refractivity contribution is 0.758. The predicted molar refractivity (Wildman–Crippen MR) is 33.4 cm³/mol. The summed E-state index contributed by atoms with van der Waals surface area (Å²) in [7, 11) is 0.461. The fourth-order valence-electron chi connectivity index (χ4n) is 0.0962. The van der Waals surface area contributed by atoms with E-state index in [4.69, 9.17) is 0 Å². The van der Waals surface area contributed by atoms with Crippen LogP contribution < -0.4 is 0 Å². The van der Waals surface area contributed by atoms with E-state index in [0.29, 0.717) is 8.81 Å². The van der Waals surface area contributed by atoms with Gasteiger partial charge in [0.2, 0.25) is 0 Å². The molecule has 0 N–H and O–H groups in total. The molecule has 0 aliphatic rings. The van der Waals surface area contributed by atoms with Crippen LogP contribution in [0.3, 0.4) is 0 Å². The summed E-state index contributed by atoms with van der Waals surface area (Å²) in [6.45, 7) is 3.49. The molecule has 1 nitrogen and oxygen atoms in total. The van der Waals surface area contributed by atoms with Crippen LogP contribution in [0.5, 0.6) is 0 Å². The first-order valence-electron chi connectivity index (χ1n) is 1.56. The Morgan fingerprint density at radius 2 is 2.67 bits per heavy atom. The monoisotopic (exact) mass is 122 g/mol. The van der Waals surface area contributed by atoms with Crippen LogP contribution in [-0.4, -0.2) is 6.16 Å². The normalized spacial score (nSPS) is 10.2. The predicted octanol–water partition coefficient (Wildman–Crippen LogP) is 1.63.